The van der Waals surface area contributed by atoms with E-state index in [1.807, 2.05) is 64.1 Å². The van der Waals surface area contributed by atoms with Crippen molar-refractivity contribution in [2.45, 2.75) is 71.3 Å². The van der Waals surface area contributed by atoms with Crippen LogP contribution in [0.3, 0.4) is 0 Å². The molecule has 2 unspecified atom stereocenters. The van der Waals surface area contributed by atoms with Gasteiger partial charge in [-0.15, -0.1) is 0 Å². The lowest BCUT2D eigenvalue weighted by Crippen LogP contribution is -2.55. The summed E-state index contributed by atoms with van der Waals surface area (Å²) in [7, 11) is 0. The summed E-state index contributed by atoms with van der Waals surface area (Å²) in [6, 6.07) is 19.9. The fraction of sp³-hybridized carbons (Fsp3) is 0.464. The number of rotatable bonds is 12. The van der Waals surface area contributed by atoms with Crippen molar-refractivity contribution in [3.8, 4) is 0 Å². The fourth-order valence-corrected chi connectivity index (χ4v) is 4.13. The molecule has 1 N–H and O–H groups in total. The Labute approximate surface area is 198 Å². The summed E-state index contributed by atoms with van der Waals surface area (Å²) >= 11 is 0. The van der Waals surface area contributed by atoms with Crippen LogP contribution in [0.25, 0.3) is 0 Å². The zero-order valence-electron chi connectivity index (χ0n) is 20.4. The van der Waals surface area contributed by atoms with Gasteiger partial charge in [-0.1, -0.05) is 60.7 Å². The molecule has 178 valence electrons. The Bertz CT molecular complexity index is 847. The maximum atomic E-state index is 13.4. The lowest BCUT2D eigenvalue weighted by molar-refractivity contribution is -0.152. The molecule has 5 heteroatoms. The van der Waals surface area contributed by atoms with Crippen LogP contribution < -0.4 is 5.32 Å². The highest BCUT2D eigenvalue weighted by molar-refractivity contribution is 5.77. The quantitative estimate of drug-likeness (QED) is 0.352. The van der Waals surface area contributed by atoms with Crippen LogP contribution >= 0.6 is 0 Å². The molecule has 1 saturated carbocycles. The van der Waals surface area contributed by atoms with E-state index in [0.717, 1.165) is 24.0 Å². The van der Waals surface area contributed by atoms with Crippen LogP contribution in [0.2, 0.25) is 0 Å². The molecule has 1 aliphatic rings. The van der Waals surface area contributed by atoms with Gasteiger partial charge in [0.15, 0.2) is 5.88 Å². The van der Waals surface area contributed by atoms with Crippen molar-refractivity contribution in [1.82, 2.24) is 10.2 Å². The van der Waals surface area contributed by atoms with Crippen LogP contribution in [0.15, 0.2) is 73.1 Å². The largest absolute Gasteiger partial charge is 0.474 e. The number of nitrogens with zero attached hydrogens (tertiary/aromatic N) is 1. The SMILES string of the molecule is C=C(NC(C1CC1)C(C(=O)OCC)N(Cc1ccccc1)Cc1ccccc1)OC(C)(C)C. The van der Waals surface area contributed by atoms with Crippen molar-refractivity contribution in [1.29, 1.82) is 0 Å². The van der Waals surface area contributed by atoms with Gasteiger partial charge in [0.1, 0.15) is 11.6 Å². The van der Waals surface area contributed by atoms with Crippen molar-refractivity contribution in [3.63, 3.8) is 0 Å². The van der Waals surface area contributed by atoms with Crippen LogP contribution in [0.1, 0.15) is 51.7 Å². The van der Waals surface area contributed by atoms with Gasteiger partial charge in [0, 0.05) is 13.1 Å². The van der Waals surface area contributed by atoms with Crippen LogP contribution in [0, 0.1) is 5.92 Å². The van der Waals surface area contributed by atoms with Gasteiger partial charge >= 0.3 is 5.97 Å². The van der Waals surface area contributed by atoms with E-state index in [-0.39, 0.29) is 17.6 Å². The number of hydrogen-bond acceptors (Lipinski definition) is 5. The maximum absolute atomic E-state index is 13.4. The third-order valence-electron chi connectivity index (χ3n) is 5.61. The summed E-state index contributed by atoms with van der Waals surface area (Å²) in [4.78, 5) is 15.7. The van der Waals surface area contributed by atoms with Crippen molar-refractivity contribution in [3.05, 3.63) is 84.3 Å². The minimum Gasteiger partial charge on any atom is -0.474 e. The van der Waals surface area contributed by atoms with E-state index in [1.165, 1.54) is 0 Å². The molecule has 0 bridgehead atoms. The van der Waals surface area contributed by atoms with E-state index in [0.29, 0.717) is 31.5 Å². The number of carbonyl (C=O) groups excluding carboxylic acids is 1. The lowest BCUT2D eigenvalue weighted by atomic mass is 9.99. The summed E-state index contributed by atoms with van der Waals surface area (Å²) in [5.74, 6) is 0.652. The van der Waals surface area contributed by atoms with E-state index in [4.69, 9.17) is 9.47 Å². The van der Waals surface area contributed by atoms with Crippen molar-refractivity contribution < 1.29 is 14.3 Å². The first kappa shape index (κ1) is 24.8. The second-order valence-corrected chi connectivity index (χ2v) is 9.72. The summed E-state index contributed by atoms with van der Waals surface area (Å²) < 4.78 is 11.6. The predicted octanol–water partition coefficient (Wildman–Crippen LogP) is 5.28. The first-order valence-electron chi connectivity index (χ1n) is 11.9. The molecule has 1 fully saturated rings. The molecule has 0 spiro atoms. The minimum absolute atomic E-state index is 0.147. The summed E-state index contributed by atoms with van der Waals surface area (Å²) in [6.07, 6.45) is 2.14. The molecule has 0 aliphatic heterocycles. The Morgan fingerprint density at radius 3 is 1.97 bits per heavy atom. The first-order chi connectivity index (χ1) is 15.8. The smallest absolute Gasteiger partial charge is 0.325 e. The molecule has 2 aromatic rings. The topological polar surface area (TPSA) is 50.8 Å². The number of nitrogens with one attached hydrogen (secondary N) is 1. The molecule has 5 nitrogen and oxygen atoms in total. The van der Waals surface area contributed by atoms with Gasteiger partial charge in [-0.05, 0) is 64.2 Å². The van der Waals surface area contributed by atoms with Gasteiger partial charge in [-0.3, -0.25) is 9.69 Å². The normalized spacial score (nSPS) is 15.5. The third-order valence-corrected chi connectivity index (χ3v) is 5.61. The first-order valence-corrected chi connectivity index (χ1v) is 11.9. The monoisotopic (exact) mass is 450 g/mol. The van der Waals surface area contributed by atoms with Gasteiger partial charge in [0.25, 0.3) is 0 Å². The average molecular weight is 451 g/mol. The second kappa shape index (κ2) is 11.4. The molecule has 0 radical (unpaired) electrons. The number of esters is 1. The van der Waals surface area contributed by atoms with E-state index in [2.05, 4.69) is 41.1 Å². The fourth-order valence-electron chi connectivity index (χ4n) is 4.13. The minimum atomic E-state index is -0.474. The van der Waals surface area contributed by atoms with E-state index in [9.17, 15) is 4.79 Å². The molecular formula is C28H38N2O3. The van der Waals surface area contributed by atoms with Gasteiger partial charge < -0.3 is 14.8 Å². The molecule has 2 atom stereocenters. The lowest BCUT2D eigenvalue weighted by Gasteiger charge is -2.37. The second-order valence-electron chi connectivity index (χ2n) is 9.72. The Morgan fingerprint density at radius 1 is 1.03 bits per heavy atom. The molecule has 0 aromatic heterocycles. The molecule has 2 aromatic carbocycles. The molecule has 3 rings (SSSR count). The van der Waals surface area contributed by atoms with E-state index in [1.54, 1.807) is 0 Å². The Morgan fingerprint density at radius 2 is 1.55 bits per heavy atom. The molecule has 33 heavy (non-hydrogen) atoms. The Hall–Kier alpha value is -2.79. The number of ether oxygens (including phenoxy) is 2. The molecule has 0 heterocycles. The Kier molecular flexibility index (Phi) is 8.56. The predicted molar refractivity (Wildman–Crippen MR) is 132 cm³/mol. The van der Waals surface area contributed by atoms with Gasteiger partial charge in [0.05, 0.1) is 12.6 Å². The van der Waals surface area contributed by atoms with E-state index < -0.39 is 6.04 Å². The number of benzene rings is 2. The van der Waals surface area contributed by atoms with Gasteiger partial charge in [0.2, 0.25) is 0 Å². The van der Waals surface area contributed by atoms with Gasteiger partial charge in [-0.2, -0.15) is 0 Å². The standard InChI is InChI=1S/C28H38N2O3/c1-6-32-27(31)26(25(24-17-18-24)29-21(2)33-28(3,4)5)30(19-22-13-9-7-10-14-22)20-23-15-11-8-12-16-23/h7-16,24-26,29H,2,6,17-20H2,1,3-5H3. The number of hydrogen-bond donors (Lipinski definition) is 1. The zero-order valence-corrected chi connectivity index (χ0v) is 20.4. The summed E-state index contributed by atoms with van der Waals surface area (Å²) in [5, 5.41) is 3.47. The van der Waals surface area contributed by atoms with Crippen LogP contribution in [0.4, 0.5) is 0 Å². The molecule has 0 saturated heterocycles. The zero-order chi connectivity index (χ0) is 23.8. The van der Waals surface area contributed by atoms with Crippen molar-refractivity contribution in [2.24, 2.45) is 5.92 Å². The average Bonchev–Trinajstić information content (AvgIpc) is 3.59. The van der Waals surface area contributed by atoms with Crippen molar-refractivity contribution >= 4 is 5.97 Å². The highest BCUT2D eigenvalue weighted by Gasteiger charge is 2.44. The van der Waals surface area contributed by atoms with Crippen LogP contribution in [-0.4, -0.2) is 35.2 Å². The number of carbonyl (C=O) groups is 1. The van der Waals surface area contributed by atoms with Crippen molar-refractivity contribution in [2.75, 3.05) is 6.61 Å². The molecule has 0 amide bonds. The van der Waals surface area contributed by atoms with Crippen LogP contribution in [-0.2, 0) is 27.4 Å². The highest BCUT2D eigenvalue weighted by atomic mass is 16.5. The maximum Gasteiger partial charge on any atom is 0.325 e. The molecule has 1 aliphatic carbocycles. The van der Waals surface area contributed by atoms with Crippen LogP contribution in [0.5, 0.6) is 0 Å². The Balaban J connectivity index is 1.94. The third kappa shape index (κ3) is 7.93. The summed E-state index contributed by atoms with van der Waals surface area (Å²) in [6.45, 7) is 13.5. The summed E-state index contributed by atoms with van der Waals surface area (Å²) in [5.41, 5.74) is 1.94. The molecular weight excluding hydrogens is 412 g/mol. The highest BCUT2D eigenvalue weighted by Crippen LogP contribution is 2.37. The van der Waals surface area contributed by atoms with Gasteiger partial charge in [-0.25, -0.2) is 0 Å². The van der Waals surface area contributed by atoms with E-state index >= 15 is 0 Å².